The van der Waals surface area contributed by atoms with Crippen molar-refractivity contribution < 1.29 is 21.6 Å². The number of imidazole rings is 1. The number of halogens is 4. The van der Waals surface area contributed by atoms with E-state index in [2.05, 4.69) is 20.1 Å². The van der Waals surface area contributed by atoms with Crippen LogP contribution >= 0.6 is 23.4 Å². The third kappa shape index (κ3) is 4.32. The van der Waals surface area contributed by atoms with E-state index >= 15 is 0 Å². The van der Waals surface area contributed by atoms with Crippen LogP contribution in [0, 0.1) is 0 Å². The number of nitrogens with zero attached hydrogens (tertiary/aromatic N) is 6. The van der Waals surface area contributed by atoms with Crippen LogP contribution < -0.4 is 0 Å². The molecule has 32 heavy (non-hydrogen) atoms. The van der Waals surface area contributed by atoms with Crippen molar-refractivity contribution in [2.24, 2.45) is 7.05 Å². The zero-order chi connectivity index (χ0) is 23.3. The Kier molecular flexibility index (Phi) is 5.67. The largest absolute Gasteiger partial charge is 0.446 e. The summed E-state index contributed by atoms with van der Waals surface area (Å²) in [6.45, 7) is 1.50. The minimum absolute atomic E-state index is 0.0176. The Balaban J connectivity index is 1.93. The Morgan fingerprint density at radius 2 is 1.91 bits per heavy atom. The number of aromatic nitrogens is 6. The number of fused-ring (bicyclic) bond motifs is 1. The Morgan fingerprint density at radius 1 is 1.16 bits per heavy atom. The molecule has 0 fully saturated rings. The van der Waals surface area contributed by atoms with Crippen molar-refractivity contribution in [2.45, 2.75) is 22.2 Å². The molecule has 4 rings (SSSR count). The molecule has 0 amide bonds. The summed E-state index contributed by atoms with van der Waals surface area (Å²) < 4.78 is 66.6. The second kappa shape index (κ2) is 8.05. The Hall–Kier alpha value is -2.64. The molecule has 0 aliphatic rings. The van der Waals surface area contributed by atoms with Gasteiger partial charge in [-0.15, -0.1) is 5.10 Å². The van der Waals surface area contributed by atoms with Gasteiger partial charge in [-0.3, -0.25) is 0 Å². The fourth-order valence-electron chi connectivity index (χ4n) is 3.07. The third-order valence-electron chi connectivity index (χ3n) is 4.55. The second-order valence-electron chi connectivity index (χ2n) is 6.57. The Bertz CT molecular complexity index is 1430. The van der Waals surface area contributed by atoms with Crippen molar-refractivity contribution in [1.82, 2.24) is 29.3 Å². The third-order valence-corrected chi connectivity index (χ3v) is 7.21. The minimum Gasteiger partial charge on any atom is -0.326 e. The first-order valence-corrected chi connectivity index (χ1v) is 11.9. The number of benzene rings is 1. The van der Waals surface area contributed by atoms with Crippen molar-refractivity contribution in [3.8, 4) is 17.3 Å². The average molecular weight is 503 g/mol. The lowest BCUT2D eigenvalue weighted by molar-refractivity contribution is -0.0328. The monoisotopic (exact) mass is 502 g/mol. The van der Waals surface area contributed by atoms with Crippen molar-refractivity contribution in [3.05, 3.63) is 41.9 Å². The fourth-order valence-corrected chi connectivity index (χ4v) is 4.79. The summed E-state index contributed by atoms with van der Waals surface area (Å²) in [5, 5.41) is 3.94. The number of hydrogen-bond donors (Lipinski definition) is 0. The van der Waals surface area contributed by atoms with Crippen LogP contribution in [0.1, 0.15) is 6.92 Å². The zero-order valence-electron chi connectivity index (χ0n) is 16.5. The first-order chi connectivity index (χ1) is 15.0. The summed E-state index contributed by atoms with van der Waals surface area (Å²) >= 11 is 5.52. The topological polar surface area (TPSA) is 95.6 Å². The van der Waals surface area contributed by atoms with Crippen LogP contribution in [0.3, 0.4) is 0 Å². The van der Waals surface area contributed by atoms with Crippen LogP contribution in [0.5, 0.6) is 0 Å². The van der Waals surface area contributed by atoms with E-state index in [1.165, 1.54) is 48.3 Å². The van der Waals surface area contributed by atoms with Gasteiger partial charge in [-0.2, -0.15) is 13.2 Å². The molecule has 3 heterocycles. The van der Waals surface area contributed by atoms with Crippen molar-refractivity contribution in [1.29, 1.82) is 0 Å². The summed E-state index contributed by atoms with van der Waals surface area (Å²) in [4.78, 5) is 12.6. The predicted octanol–water partition coefficient (Wildman–Crippen LogP) is 4.27. The van der Waals surface area contributed by atoms with Crippen LogP contribution in [0.15, 0.2) is 46.5 Å². The Labute approximate surface area is 189 Å². The highest BCUT2D eigenvalue weighted by molar-refractivity contribution is 8.00. The molecule has 0 aliphatic heterocycles. The summed E-state index contributed by atoms with van der Waals surface area (Å²) in [7, 11) is -2.07. The van der Waals surface area contributed by atoms with E-state index in [-0.39, 0.29) is 55.4 Å². The molecule has 0 N–H and O–H groups in total. The van der Waals surface area contributed by atoms with Gasteiger partial charge < -0.3 is 4.57 Å². The van der Waals surface area contributed by atoms with Gasteiger partial charge in [0.25, 0.3) is 0 Å². The number of sulfone groups is 1. The van der Waals surface area contributed by atoms with Gasteiger partial charge in [-0.05, 0) is 53.7 Å². The summed E-state index contributed by atoms with van der Waals surface area (Å²) in [5.41, 5.74) is -3.61. The van der Waals surface area contributed by atoms with Crippen LogP contribution in [-0.2, 0) is 16.9 Å². The molecule has 0 spiro atoms. The maximum absolute atomic E-state index is 12.8. The number of alkyl halides is 3. The van der Waals surface area contributed by atoms with E-state index < -0.39 is 15.3 Å². The van der Waals surface area contributed by atoms with Gasteiger partial charge in [0, 0.05) is 11.9 Å². The van der Waals surface area contributed by atoms with Gasteiger partial charge in [0.2, 0.25) is 5.28 Å². The van der Waals surface area contributed by atoms with E-state index in [1.807, 2.05) is 0 Å². The standard InChI is InChI=1S/C18H14ClF3N6O2S2/c1-3-32(29,30)13-6-7-14(28-9-23-17(19)26-28)25-15(13)16-24-11-8-10(31-18(20,21)22)4-5-12(11)27(16)2/h4-9H,3H2,1-2H3. The molecule has 0 aliphatic carbocycles. The highest BCUT2D eigenvalue weighted by atomic mass is 35.5. The molecule has 4 aromatic rings. The first kappa shape index (κ1) is 22.6. The molecule has 1 aromatic carbocycles. The molecule has 3 aromatic heterocycles. The predicted molar refractivity (Wildman–Crippen MR) is 114 cm³/mol. The molecular formula is C18H14ClF3N6O2S2. The molecule has 0 bridgehead atoms. The van der Waals surface area contributed by atoms with E-state index in [9.17, 15) is 21.6 Å². The highest BCUT2D eigenvalue weighted by Crippen LogP contribution is 2.38. The molecule has 0 atom stereocenters. The fraction of sp³-hybridized carbons (Fsp3) is 0.222. The smallest absolute Gasteiger partial charge is 0.326 e. The number of hydrogen-bond acceptors (Lipinski definition) is 7. The van der Waals surface area contributed by atoms with Gasteiger partial charge in [0.1, 0.15) is 12.0 Å². The SMILES string of the molecule is CCS(=O)(=O)c1ccc(-n2cnc(Cl)n2)nc1-c1nc2cc(SC(F)(F)F)ccc2n1C. The molecule has 8 nitrogen and oxygen atoms in total. The van der Waals surface area contributed by atoms with Crippen molar-refractivity contribution >= 4 is 44.2 Å². The lowest BCUT2D eigenvalue weighted by Crippen LogP contribution is -2.10. The van der Waals surface area contributed by atoms with E-state index in [4.69, 9.17) is 11.6 Å². The lowest BCUT2D eigenvalue weighted by Gasteiger charge is -2.11. The zero-order valence-corrected chi connectivity index (χ0v) is 18.9. The highest BCUT2D eigenvalue weighted by Gasteiger charge is 2.30. The van der Waals surface area contributed by atoms with Crippen molar-refractivity contribution in [2.75, 3.05) is 5.75 Å². The first-order valence-electron chi connectivity index (χ1n) is 9.02. The maximum atomic E-state index is 12.8. The molecular weight excluding hydrogens is 489 g/mol. The number of pyridine rings is 1. The summed E-state index contributed by atoms with van der Waals surface area (Å²) in [6.07, 6.45) is 1.32. The molecule has 0 unspecified atom stereocenters. The van der Waals surface area contributed by atoms with E-state index in [0.29, 0.717) is 5.52 Å². The van der Waals surface area contributed by atoms with Crippen LogP contribution in [0.25, 0.3) is 28.4 Å². The maximum Gasteiger partial charge on any atom is 0.446 e. The van der Waals surface area contributed by atoms with E-state index in [1.54, 1.807) is 11.6 Å². The van der Waals surface area contributed by atoms with Gasteiger partial charge in [0.05, 0.1) is 21.7 Å². The molecule has 168 valence electrons. The van der Waals surface area contributed by atoms with Crippen molar-refractivity contribution in [3.63, 3.8) is 0 Å². The van der Waals surface area contributed by atoms with Crippen LogP contribution in [0.2, 0.25) is 5.28 Å². The van der Waals surface area contributed by atoms with Crippen LogP contribution in [0.4, 0.5) is 13.2 Å². The Morgan fingerprint density at radius 3 is 2.53 bits per heavy atom. The van der Waals surface area contributed by atoms with Gasteiger partial charge >= 0.3 is 5.51 Å². The summed E-state index contributed by atoms with van der Waals surface area (Å²) in [5.74, 6) is 0.246. The molecule has 0 radical (unpaired) electrons. The lowest BCUT2D eigenvalue weighted by atomic mass is 10.3. The summed E-state index contributed by atoms with van der Waals surface area (Å²) in [6, 6.07) is 6.96. The van der Waals surface area contributed by atoms with Gasteiger partial charge in [0.15, 0.2) is 21.5 Å². The average Bonchev–Trinajstić information content (AvgIpc) is 3.29. The molecule has 0 saturated heterocycles. The molecule has 14 heteroatoms. The quantitative estimate of drug-likeness (QED) is 0.376. The van der Waals surface area contributed by atoms with Gasteiger partial charge in [-0.25, -0.2) is 28.1 Å². The second-order valence-corrected chi connectivity index (χ2v) is 10.3. The van der Waals surface area contributed by atoms with E-state index in [0.717, 1.165) is 0 Å². The number of aryl methyl sites for hydroxylation is 1. The minimum atomic E-state index is -4.44. The van der Waals surface area contributed by atoms with Gasteiger partial charge in [-0.1, -0.05) is 6.92 Å². The van der Waals surface area contributed by atoms with Crippen LogP contribution in [-0.4, -0.2) is 49.0 Å². The number of thioether (sulfide) groups is 1. The molecule has 0 saturated carbocycles. The number of rotatable bonds is 5. The normalized spacial score (nSPS) is 12.6.